The van der Waals surface area contributed by atoms with Crippen LogP contribution in [-0.2, 0) is 24.3 Å². The average Bonchev–Trinajstić information content (AvgIpc) is 3.52. The van der Waals surface area contributed by atoms with Gasteiger partial charge in [0.2, 0.25) is 0 Å². The van der Waals surface area contributed by atoms with Crippen LogP contribution in [0.3, 0.4) is 0 Å². The van der Waals surface area contributed by atoms with Gasteiger partial charge in [0.05, 0.1) is 23.2 Å². The summed E-state index contributed by atoms with van der Waals surface area (Å²) in [7, 11) is 1.57. The van der Waals surface area contributed by atoms with E-state index in [9.17, 15) is 14.3 Å². The molecule has 0 fully saturated rings. The summed E-state index contributed by atoms with van der Waals surface area (Å²) in [4.78, 5) is 16.1. The summed E-state index contributed by atoms with van der Waals surface area (Å²) in [6.07, 6.45) is 0.194. The number of aromatic nitrogens is 4. The van der Waals surface area contributed by atoms with Crippen LogP contribution < -0.4 is 4.74 Å². The van der Waals surface area contributed by atoms with Crippen molar-refractivity contribution < 1.29 is 28.2 Å². The maximum absolute atomic E-state index is 15.2. The molecular formula is C28H24F2N4O4S. The molecule has 8 nitrogen and oxygen atoms in total. The minimum atomic E-state index is -1.04. The standard InChI is InChI=1S/C28H24F2N4O4S/c1-16-3-4-20(21(29)11-16)15-38-28-33-32-26(39-28)18-6-5-17(22(30)12-18)14-25-31-23-8-7-19(27(35)36)13-24(23)34(25)9-10-37-2/h3-8,11-13H,9-10,14-15H2,1-2H3,(H,35,36). The van der Waals surface area contributed by atoms with Crippen LogP contribution in [0.2, 0.25) is 0 Å². The number of fused-ring (bicyclic) bond motifs is 1. The maximum atomic E-state index is 15.2. The number of halogens is 2. The highest BCUT2D eigenvalue weighted by atomic mass is 32.1. The molecule has 0 aliphatic rings. The summed E-state index contributed by atoms with van der Waals surface area (Å²) in [5, 5.41) is 18.2. The maximum Gasteiger partial charge on any atom is 0.335 e. The number of hydrogen-bond donors (Lipinski definition) is 1. The number of carboxylic acids is 1. The molecule has 0 aliphatic carbocycles. The zero-order valence-corrected chi connectivity index (χ0v) is 22.0. The van der Waals surface area contributed by atoms with Crippen molar-refractivity contribution in [3.63, 3.8) is 0 Å². The lowest BCUT2D eigenvalue weighted by molar-refractivity contribution is 0.0697. The van der Waals surface area contributed by atoms with E-state index in [0.717, 1.165) is 16.9 Å². The number of rotatable bonds is 10. The molecule has 0 atom stereocenters. The van der Waals surface area contributed by atoms with Gasteiger partial charge in [0.1, 0.15) is 24.1 Å². The van der Waals surface area contributed by atoms with Gasteiger partial charge in [-0.1, -0.05) is 40.7 Å². The van der Waals surface area contributed by atoms with E-state index in [4.69, 9.17) is 9.47 Å². The minimum Gasteiger partial charge on any atom is -0.478 e. The Bertz CT molecular complexity index is 1670. The van der Waals surface area contributed by atoms with Crippen LogP contribution in [0, 0.1) is 18.6 Å². The number of carboxylic acid groups (broad SMARTS) is 1. The van der Waals surface area contributed by atoms with E-state index >= 15 is 4.39 Å². The van der Waals surface area contributed by atoms with Gasteiger partial charge in [0, 0.05) is 31.2 Å². The predicted molar refractivity (Wildman–Crippen MR) is 142 cm³/mol. The van der Waals surface area contributed by atoms with Crippen molar-refractivity contribution in [2.24, 2.45) is 0 Å². The molecule has 0 aliphatic heterocycles. The van der Waals surface area contributed by atoms with E-state index in [0.29, 0.717) is 51.7 Å². The van der Waals surface area contributed by atoms with Crippen LogP contribution in [0.5, 0.6) is 5.19 Å². The highest BCUT2D eigenvalue weighted by Gasteiger charge is 2.17. The quantitative estimate of drug-likeness (QED) is 0.240. The molecule has 3 aromatic carbocycles. The Morgan fingerprint density at radius 3 is 2.56 bits per heavy atom. The molecule has 5 aromatic rings. The number of methoxy groups -OCH3 is 1. The van der Waals surface area contributed by atoms with Gasteiger partial charge in [-0.15, -0.1) is 5.10 Å². The molecule has 0 unspecified atom stereocenters. The summed E-state index contributed by atoms with van der Waals surface area (Å²) >= 11 is 1.14. The first-order valence-electron chi connectivity index (χ1n) is 12.0. The number of aromatic carboxylic acids is 1. The third-order valence-corrected chi connectivity index (χ3v) is 7.09. The van der Waals surface area contributed by atoms with Gasteiger partial charge in [-0.25, -0.2) is 18.6 Å². The zero-order chi connectivity index (χ0) is 27.5. The molecule has 39 heavy (non-hydrogen) atoms. The largest absolute Gasteiger partial charge is 0.478 e. The number of carbonyl (C=O) groups is 1. The van der Waals surface area contributed by atoms with Gasteiger partial charge < -0.3 is 19.1 Å². The van der Waals surface area contributed by atoms with E-state index in [1.54, 1.807) is 43.5 Å². The molecule has 2 aromatic heterocycles. The number of nitrogens with zero attached hydrogens (tertiary/aromatic N) is 4. The van der Waals surface area contributed by atoms with Crippen molar-refractivity contribution in [1.82, 2.24) is 19.7 Å². The average molecular weight is 551 g/mol. The Kier molecular flexibility index (Phi) is 7.62. The first kappa shape index (κ1) is 26.4. The Balaban J connectivity index is 1.35. The molecule has 0 bridgehead atoms. The molecule has 2 heterocycles. The lowest BCUT2D eigenvalue weighted by Gasteiger charge is -2.10. The topological polar surface area (TPSA) is 99.4 Å². The second-order valence-corrected chi connectivity index (χ2v) is 9.86. The van der Waals surface area contributed by atoms with E-state index < -0.39 is 11.8 Å². The summed E-state index contributed by atoms with van der Waals surface area (Å²) < 4.78 is 42.0. The summed E-state index contributed by atoms with van der Waals surface area (Å²) in [6, 6.07) is 14.4. The van der Waals surface area contributed by atoms with Gasteiger partial charge in [-0.2, -0.15) is 0 Å². The van der Waals surface area contributed by atoms with Crippen LogP contribution in [0.25, 0.3) is 21.6 Å². The van der Waals surface area contributed by atoms with Crippen molar-refractivity contribution in [1.29, 1.82) is 0 Å². The lowest BCUT2D eigenvalue weighted by Crippen LogP contribution is -2.10. The normalized spacial score (nSPS) is 11.3. The fourth-order valence-electron chi connectivity index (χ4n) is 4.16. The molecule has 11 heteroatoms. The fourth-order valence-corrected chi connectivity index (χ4v) is 4.85. The van der Waals surface area contributed by atoms with Crippen molar-refractivity contribution in [2.75, 3.05) is 13.7 Å². The Morgan fingerprint density at radius 1 is 1.03 bits per heavy atom. The second-order valence-electron chi connectivity index (χ2n) is 8.92. The number of hydrogen-bond acceptors (Lipinski definition) is 7. The smallest absolute Gasteiger partial charge is 0.335 e. The zero-order valence-electron chi connectivity index (χ0n) is 21.1. The van der Waals surface area contributed by atoms with Gasteiger partial charge in [-0.3, -0.25) is 0 Å². The summed E-state index contributed by atoms with van der Waals surface area (Å²) in [5.41, 5.74) is 3.59. The van der Waals surface area contributed by atoms with Gasteiger partial charge in [0.25, 0.3) is 5.19 Å². The fraction of sp³-hybridized carbons (Fsp3) is 0.214. The number of ether oxygens (including phenoxy) is 2. The number of benzene rings is 3. The number of imidazole rings is 1. The minimum absolute atomic E-state index is 0.00603. The van der Waals surface area contributed by atoms with Crippen LogP contribution in [0.4, 0.5) is 8.78 Å². The van der Waals surface area contributed by atoms with Crippen molar-refractivity contribution in [3.8, 4) is 15.8 Å². The van der Waals surface area contributed by atoms with Gasteiger partial charge >= 0.3 is 5.97 Å². The summed E-state index contributed by atoms with van der Waals surface area (Å²) in [6.45, 7) is 2.63. The van der Waals surface area contributed by atoms with Crippen molar-refractivity contribution >= 4 is 28.3 Å². The van der Waals surface area contributed by atoms with Crippen LogP contribution >= 0.6 is 11.3 Å². The first-order chi connectivity index (χ1) is 18.8. The third-order valence-electron chi connectivity index (χ3n) is 6.21. The van der Waals surface area contributed by atoms with Crippen molar-refractivity contribution in [3.05, 3.63) is 94.3 Å². The lowest BCUT2D eigenvalue weighted by atomic mass is 10.1. The molecular weight excluding hydrogens is 526 g/mol. The van der Waals surface area contributed by atoms with E-state index in [1.807, 2.05) is 11.5 Å². The van der Waals surface area contributed by atoms with Crippen LogP contribution in [0.1, 0.15) is 32.9 Å². The van der Waals surface area contributed by atoms with Gasteiger partial charge in [-0.05, 0) is 48.4 Å². The third kappa shape index (κ3) is 5.79. The molecule has 0 spiro atoms. The van der Waals surface area contributed by atoms with Crippen LogP contribution in [0.15, 0.2) is 54.6 Å². The Labute approximate surface area is 226 Å². The van der Waals surface area contributed by atoms with E-state index in [2.05, 4.69) is 15.2 Å². The predicted octanol–water partition coefficient (Wildman–Crippen LogP) is 5.66. The van der Waals surface area contributed by atoms with Crippen molar-refractivity contribution in [2.45, 2.75) is 26.5 Å². The molecule has 0 amide bonds. The molecule has 5 rings (SSSR count). The molecule has 0 saturated carbocycles. The SMILES string of the molecule is COCCn1c(Cc2ccc(-c3nnc(OCc4ccc(C)cc4F)s3)cc2F)nc2ccc(C(=O)O)cc21. The molecule has 0 radical (unpaired) electrons. The highest BCUT2D eigenvalue weighted by Crippen LogP contribution is 2.30. The molecule has 1 N–H and O–H groups in total. The second kappa shape index (κ2) is 11.3. The summed E-state index contributed by atoms with van der Waals surface area (Å²) in [5.74, 6) is -1.24. The van der Waals surface area contributed by atoms with E-state index in [1.165, 1.54) is 18.2 Å². The highest BCUT2D eigenvalue weighted by molar-refractivity contribution is 7.16. The van der Waals surface area contributed by atoms with Gasteiger partial charge in [0.15, 0.2) is 5.01 Å². The monoisotopic (exact) mass is 550 g/mol. The first-order valence-corrected chi connectivity index (χ1v) is 12.9. The molecule has 200 valence electrons. The van der Waals surface area contributed by atoms with E-state index in [-0.39, 0.29) is 29.6 Å². The number of aryl methyl sites for hydroxylation is 1. The Hall–Kier alpha value is -4.22. The molecule has 0 saturated heterocycles. The van der Waals surface area contributed by atoms with Crippen LogP contribution in [-0.4, -0.2) is 44.5 Å². The Morgan fingerprint density at radius 2 is 1.82 bits per heavy atom.